The third kappa shape index (κ3) is 6.02. The fourth-order valence-electron chi connectivity index (χ4n) is 7.43. The zero-order valence-corrected chi connectivity index (χ0v) is 27.5. The van der Waals surface area contributed by atoms with Gasteiger partial charge in [-0.2, -0.15) is 0 Å². The maximum absolute atomic E-state index is 12.8. The highest BCUT2D eigenvalue weighted by atomic mass is 28.3. The normalized spacial score (nSPS) is 15.6. The Balaban J connectivity index is 1.76. The van der Waals surface area contributed by atoms with E-state index in [0.29, 0.717) is 22.5 Å². The summed E-state index contributed by atoms with van der Waals surface area (Å²) >= 11 is 0. The molecule has 1 aliphatic rings. The summed E-state index contributed by atoms with van der Waals surface area (Å²) in [7, 11) is -1.94. The van der Waals surface area contributed by atoms with Crippen LogP contribution in [0, 0.1) is 6.92 Å². The average Bonchev–Trinajstić information content (AvgIpc) is 3.23. The zero-order valence-electron chi connectivity index (χ0n) is 26.5. The molecule has 6 heteroatoms. The minimum absolute atomic E-state index is 0.187. The van der Waals surface area contributed by atoms with Crippen molar-refractivity contribution in [3.05, 3.63) is 65.1 Å². The van der Waals surface area contributed by atoms with Crippen LogP contribution < -0.4 is 0 Å². The molecule has 0 unspecified atom stereocenters. The molecule has 1 aliphatic heterocycles. The molecule has 40 heavy (non-hydrogen) atoms. The number of carbonyl (C=O) groups excluding carboxylic acids is 1. The van der Waals surface area contributed by atoms with E-state index in [1.54, 1.807) is 0 Å². The quantitative estimate of drug-likeness (QED) is 0.270. The second kappa shape index (κ2) is 11.7. The first-order valence-electron chi connectivity index (χ1n) is 15.3. The molecule has 5 nitrogen and oxygen atoms in total. The van der Waals surface area contributed by atoms with E-state index in [2.05, 4.69) is 87.3 Å². The second-order valence-corrected chi connectivity index (χ2v) is 19.6. The number of likely N-dealkylation sites (tertiary alicyclic amines) is 1. The van der Waals surface area contributed by atoms with E-state index in [1.807, 2.05) is 38.8 Å². The zero-order chi connectivity index (χ0) is 29.4. The van der Waals surface area contributed by atoms with Gasteiger partial charge in [-0.1, -0.05) is 53.7 Å². The number of carbonyl (C=O) groups is 1. The number of benzene rings is 1. The Morgan fingerprint density at radius 1 is 0.975 bits per heavy atom. The van der Waals surface area contributed by atoms with Gasteiger partial charge in [-0.05, 0) is 111 Å². The minimum atomic E-state index is -1.94. The third-order valence-corrected chi connectivity index (χ3v) is 15.8. The van der Waals surface area contributed by atoms with Crippen LogP contribution in [0.3, 0.4) is 0 Å². The molecular formula is C34H51N3O2Si. The molecule has 3 heterocycles. The molecule has 0 atom stereocenters. The SMILES string of the molecule is Cc1ccc(Cc2ccc3c(c2)c(C2CCN(C(=O)OC(C)(C)C)CC2)cn3[Si](C(C)C)(C(C)C)C(C)C)cn1. The fourth-order valence-corrected chi connectivity index (χ4v) is 14.1. The molecule has 4 rings (SSSR count). The van der Waals surface area contributed by atoms with Gasteiger partial charge in [-0.25, -0.2) is 4.79 Å². The van der Waals surface area contributed by atoms with Crippen LogP contribution >= 0.6 is 0 Å². The van der Waals surface area contributed by atoms with Crippen molar-refractivity contribution in [1.29, 1.82) is 0 Å². The van der Waals surface area contributed by atoms with Crippen LogP contribution in [0.25, 0.3) is 10.9 Å². The Bertz CT molecular complexity index is 1290. The van der Waals surface area contributed by atoms with Crippen molar-refractivity contribution < 1.29 is 9.53 Å². The molecule has 3 aromatic rings. The van der Waals surface area contributed by atoms with Crippen molar-refractivity contribution >= 4 is 25.2 Å². The lowest BCUT2D eigenvalue weighted by atomic mass is 9.88. The van der Waals surface area contributed by atoms with Crippen molar-refractivity contribution in [2.45, 2.75) is 117 Å². The van der Waals surface area contributed by atoms with Gasteiger partial charge >= 0.3 is 6.09 Å². The van der Waals surface area contributed by atoms with E-state index in [-0.39, 0.29) is 6.09 Å². The van der Waals surface area contributed by atoms with E-state index < -0.39 is 13.8 Å². The smallest absolute Gasteiger partial charge is 0.410 e. The molecule has 0 saturated carbocycles. The number of piperidine rings is 1. The van der Waals surface area contributed by atoms with Gasteiger partial charge in [0, 0.05) is 35.9 Å². The molecule has 1 amide bonds. The van der Waals surface area contributed by atoms with Crippen LogP contribution in [0.2, 0.25) is 16.6 Å². The van der Waals surface area contributed by atoms with E-state index in [1.165, 1.54) is 27.6 Å². The molecule has 1 aromatic carbocycles. The van der Waals surface area contributed by atoms with E-state index in [0.717, 1.165) is 38.0 Å². The summed E-state index contributed by atoms with van der Waals surface area (Å²) in [6.45, 7) is 24.0. The maximum Gasteiger partial charge on any atom is 0.410 e. The van der Waals surface area contributed by atoms with E-state index in [4.69, 9.17) is 4.74 Å². The number of aryl methyl sites for hydroxylation is 1. The molecule has 1 fully saturated rings. The molecular weight excluding hydrogens is 510 g/mol. The number of hydrogen-bond donors (Lipinski definition) is 0. The molecule has 2 aromatic heterocycles. The summed E-state index contributed by atoms with van der Waals surface area (Å²) < 4.78 is 8.45. The predicted octanol–water partition coefficient (Wildman–Crippen LogP) is 9.07. The summed E-state index contributed by atoms with van der Waals surface area (Å²) in [5.74, 6) is 0.428. The topological polar surface area (TPSA) is 47.4 Å². The Labute approximate surface area is 243 Å². The van der Waals surface area contributed by atoms with Crippen molar-refractivity contribution in [1.82, 2.24) is 14.1 Å². The lowest BCUT2D eigenvalue weighted by Gasteiger charge is -2.44. The lowest BCUT2D eigenvalue weighted by molar-refractivity contribution is 0.0205. The van der Waals surface area contributed by atoms with Crippen LogP contribution in [-0.2, 0) is 11.2 Å². The van der Waals surface area contributed by atoms with E-state index >= 15 is 0 Å². The Hall–Kier alpha value is -2.60. The van der Waals surface area contributed by atoms with Crippen LogP contribution in [0.4, 0.5) is 4.79 Å². The van der Waals surface area contributed by atoms with Crippen LogP contribution in [0.15, 0.2) is 42.7 Å². The largest absolute Gasteiger partial charge is 0.444 e. The molecule has 218 valence electrons. The molecule has 1 saturated heterocycles. The Morgan fingerprint density at radius 2 is 1.57 bits per heavy atom. The van der Waals surface area contributed by atoms with Crippen LogP contribution in [-0.4, -0.2) is 47.1 Å². The van der Waals surface area contributed by atoms with Crippen LogP contribution in [0.5, 0.6) is 0 Å². The number of amides is 1. The monoisotopic (exact) mass is 561 g/mol. The second-order valence-electron chi connectivity index (χ2n) is 13.9. The predicted molar refractivity (Wildman–Crippen MR) is 170 cm³/mol. The van der Waals surface area contributed by atoms with Crippen molar-refractivity contribution in [2.24, 2.45) is 0 Å². The number of aromatic nitrogens is 2. The van der Waals surface area contributed by atoms with Crippen LogP contribution in [0.1, 0.15) is 103 Å². The van der Waals surface area contributed by atoms with Gasteiger partial charge in [-0.15, -0.1) is 0 Å². The number of rotatable bonds is 7. The van der Waals surface area contributed by atoms with Crippen molar-refractivity contribution in [2.75, 3.05) is 13.1 Å². The standard InChI is InChI=1S/C34H51N3O2Si/c1-23(2)40(24(3)4,25(5)6)37-22-31(29-15-17-36(18-16-29)33(38)39-34(8,9)10)30-20-27(13-14-32(30)37)19-28-12-11-26(7)35-21-28/h11-14,20-25,29H,15-19H2,1-10H3. The van der Waals surface area contributed by atoms with Gasteiger partial charge in [0.25, 0.3) is 0 Å². The summed E-state index contributed by atoms with van der Waals surface area (Å²) in [5, 5.41) is 1.40. The number of fused-ring (bicyclic) bond motifs is 1. The van der Waals surface area contributed by atoms with Gasteiger partial charge in [-0.3, -0.25) is 4.98 Å². The summed E-state index contributed by atoms with van der Waals surface area (Å²) in [6.07, 6.45) is 7.17. The first-order valence-corrected chi connectivity index (χ1v) is 17.5. The van der Waals surface area contributed by atoms with Crippen molar-refractivity contribution in [3.63, 3.8) is 0 Å². The first kappa shape index (κ1) is 30.4. The van der Waals surface area contributed by atoms with Gasteiger partial charge < -0.3 is 13.9 Å². The lowest BCUT2D eigenvalue weighted by Crippen LogP contribution is -2.51. The highest BCUT2D eigenvalue weighted by Gasteiger charge is 2.46. The molecule has 0 N–H and O–H groups in total. The van der Waals surface area contributed by atoms with Gasteiger partial charge in [0.1, 0.15) is 5.60 Å². The number of ether oxygens (including phenoxy) is 1. The number of hydrogen-bond acceptors (Lipinski definition) is 3. The molecule has 0 bridgehead atoms. The number of pyridine rings is 1. The molecule has 0 aliphatic carbocycles. The molecule has 0 spiro atoms. The fraction of sp³-hybridized carbons (Fsp3) is 0.588. The van der Waals surface area contributed by atoms with Crippen molar-refractivity contribution in [3.8, 4) is 0 Å². The summed E-state index contributed by atoms with van der Waals surface area (Å²) in [4.78, 5) is 19.2. The Morgan fingerprint density at radius 3 is 2.10 bits per heavy atom. The summed E-state index contributed by atoms with van der Waals surface area (Å²) in [6, 6.07) is 11.5. The summed E-state index contributed by atoms with van der Waals surface area (Å²) in [5.41, 5.74) is 7.84. The van der Waals surface area contributed by atoms with Gasteiger partial charge in [0.05, 0.1) is 0 Å². The first-order chi connectivity index (χ1) is 18.7. The maximum atomic E-state index is 12.8. The average molecular weight is 562 g/mol. The van der Waals surface area contributed by atoms with Gasteiger partial charge in [0.15, 0.2) is 8.24 Å². The third-order valence-electron chi connectivity index (χ3n) is 9.06. The Kier molecular flexibility index (Phi) is 8.89. The highest BCUT2D eigenvalue weighted by molar-refractivity contribution is 6.82. The molecule has 0 radical (unpaired) electrons. The van der Waals surface area contributed by atoms with E-state index in [9.17, 15) is 4.79 Å². The number of nitrogens with zero attached hydrogens (tertiary/aromatic N) is 3. The highest BCUT2D eigenvalue weighted by Crippen LogP contribution is 2.46. The minimum Gasteiger partial charge on any atom is -0.444 e. The van der Waals surface area contributed by atoms with Gasteiger partial charge in [0.2, 0.25) is 0 Å².